The molecule has 0 bridgehead atoms. The Bertz CT molecular complexity index is 530. The molecule has 7 nitrogen and oxygen atoms in total. The summed E-state index contributed by atoms with van der Waals surface area (Å²) in [6.45, 7) is 1.95. The van der Waals surface area contributed by atoms with Crippen molar-refractivity contribution >= 4 is 5.91 Å². The van der Waals surface area contributed by atoms with Crippen molar-refractivity contribution in [3.63, 3.8) is 0 Å². The lowest BCUT2D eigenvalue weighted by atomic mass is 9.99. The second-order valence-corrected chi connectivity index (χ2v) is 6.19. The van der Waals surface area contributed by atoms with E-state index >= 15 is 0 Å². The lowest BCUT2D eigenvalue weighted by molar-refractivity contribution is -0.138. The number of carbonyl (C=O) groups is 1. The number of fused-ring (bicyclic) bond motifs is 1. The van der Waals surface area contributed by atoms with E-state index in [0.717, 1.165) is 56.8 Å². The van der Waals surface area contributed by atoms with Crippen LogP contribution in [0.4, 0.5) is 0 Å². The normalized spacial score (nSPS) is 23.2. The molecule has 3 heterocycles. The van der Waals surface area contributed by atoms with E-state index in [9.17, 15) is 4.79 Å². The number of nitrogens with zero attached hydrogens (tertiary/aromatic N) is 4. The average molecular weight is 307 g/mol. The predicted octanol–water partition coefficient (Wildman–Crippen LogP) is 0.642. The topological polar surface area (TPSA) is 86.3 Å². The Balaban J connectivity index is 1.83. The van der Waals surface area contributed by atoms with Crippen molar-refractivity contribution in [2.24, 2.45) is 5.73 Å². The lowest BCUT2D eigenvalue weighted by Crippen LogP contribution is -2.49. The largest absolute Gasteiger partial charge is 0.383 e. The second-order valence-electron chi connectivity index (χ2n) is 6.19. The summed E-state index contributed by atoms with van der Waals surface area (Å²) in [6, 6.07) is -0.599. The van der Waals surface area contributed by atoms with E-state index in [1.165, 1.54) is 6.42 Å². The zero-order valence-electron chi connectivity index (χ0n) is 13.2. The van der Waals surface area contributed by atoms with Crippen molar-refractivity contribution in [2.45, 2.75) is 57.2 Å². The highest BCUT2D eigenvalue weighted by atomic mass is 16.5. The summed E-state index contributed by atoms with van der Waals surface area (Å²) in [5.41, 5.74) is 5.95. The maximum absolute atomic E-state index is 12.6. The van der Waals surface area contributed by atoms with Gasteiger partial charge in [-0.05, 0) is 32.1 Å². The number of rotatable bonds is 4. The molecular formula is C15H25N5O2. The Morgan fingerprint density at radius 3 is 2.95 bits per heavy atom. The molecule has 0 radical (unpaired) electrons. The molecule has 1 saturated heterocycles. The molecule has 1 aromatic rings. The van der Waals surface area contributed by atoms with Gasteiger partial charge in [0.05, 0.1) is 12.6 Å². The van der Waals surface area contributed by atoms with E-state index in [-0.39, 0.29) is 18.6 Å². The van der Waals surface area contributed by atoms with E-state index in [1.807, 2.05) is 4.90 Å². The van der Waals surface area contributed by atoms with Gasteiger partial charge in [0.1, 0.15) is 11.9 Å². The number of nitrogens with two attached hydrogens (primary N) is 1. The first kappa shape index (κ1) is 15.4. The van der Waals surface area contributed by atoms with Gasteiger partial charge in [0, 0.05) is 26.6 Å². The zero-order valence-corrected chi connectivity index (χ0v) is 13.2. The Hall–Kier alpha value is -1.47. The molecule has 0 aliphatic carbocycles. The van der Waals surface area contributed by atoms with E-state index in [2.05, 4.69) is 14.8 Å². The molecule has 2 atom stereocenters. The van der Waals surface area contributed by atoms with Gasteiger partial charge in [-0.15, -0.1) is 10.2 Å². The fourth-order valence-electron chi connectivity index (χ4n) is 3.50. The molecule has 0 spiro atoms. The van der Waals surface area contributed by atoms with Gasteiger partial charge in [-0.3, -0.25) is 4.79 Å². The SMILES string of the molecule is COCC(N)C(=O)N1CCCCC1c1nnc2n1CCCC2. The van der Waals surface area contributed by atoms with Gasteiger partial charge in [-0.25, -0.2) is 0 Å². The van der Waals surface area contributed by atoms with Crippen molar-refractivity contribution in [3.05, 3.63) is 11.6 Å². The number of amides is 1. The number of likely N-dealkylation sites (tertiary alicyclic amines) is 1. The van der Waals surface area contributed by atoms with Crippen LogP contribution in [0.5, 0.6) is 0 Å². The van der Waals surface area contributed by atoms with Crippen LogP contribution in [0.15, 0.2) is 0 Å². The molecule has 2 aliphatic heterocycles. The first-order valence-electron chi connectivity index (χ1n) is 8.19. The number of hydrogen-bond acceptors (Lipinski definition) is 5. The summed E-state index contributed by atoms with van der Waals surface area (Å²) in [5.74, 6) is 1.95. The minimum atomic E-state index is -0.602. The molecule has 1 amide bonds. The zero-order chi connectivity index (χ0) is 15.5. The molecule has 2 aliphatic rings. The van der Waals surface area contributed by atoms with Gasteiger partial charge in [0.15, 0.2) is 5.82 Å². The third kappa shape index (κ3) is 2.87. The fourth-order valence-corrected chi connectivity index (χ4v) is 3.50. The summed E-state index contributed by atoms with van der Waals surface area (Å²) in [7, 11) is 1.57. The second kappa shape index (κ2) is 6.75. The molecule has 1 aromatic heterocycles. The molecule has 2 N–H and O–H groups in total. The van der Waals surface area contributed by atoms with Gasteiger partial charge in [-0.1, -0.05) is 0 Å². The van der Waals surface area contributed by atoms with Gasteiger partial charge in [0.25, 0.3) is 0 Å². The van der Waals surface area contributed by atoms with Crippen LogP contribution in [0.2, 0.25) is 0 Å². The highest BCUT2D eigenvalue weighted by Gasteiger charge is 2.34. The average Bonchev–Trinajstić information content (AvgIpc) is 2.98. The van der Waals surface area contributed by atoms with Gasteiger partial charge < -0.3 is 19.9 Å². The summed E-state index contributed by atoms with van der Waals surface area (Å²) < 4.78 is 7.24. The summed E-state index contributed by atoms with van der Waals surface area (Å²) >= 11 is 0. The van der Waals surface area contributed by atoms with E-state index in [4.69, 9.17) is 10.5 Å². The summed E-state index contributed by atoms with van der Waals surface area (Å²) in [6.07, 6.45) is 6.37. The standard InChI is InChI=1S/C15H25N5O2/c1-22-10-11(16)15(21)19-8-4-2-6-12(19)14-18-17-13-7-3-5-9-20(13)14/h11-12H,2-10,16H2,1H3. The minimum Gasteiger partial charge on any atom is -0.383 e. The third-order valence-corrected chi connectivity index (χ3v) is 4.64. The fraction of sp³-hybridized carbons (Fsp3) is 0.800. The molecular weight excluding hydrogens is 282 g/mol. The van der Waals surface area contributed by atoms with Crippen molar-refractivity contribution in [1.82, 2.24) is 19.7 Å². The van der Waals surface area contributed by atoms with Crippen LogP contribution < -0.4 is 5.73 Å². The van der Waals surface area contributed by atoms with Crippen molar-refractivity contribution in [1.29, 1.82) is 0 Å². The van der Waals surface area contributed by atoms with Gasteiger partial charge in [-0.2, -0.15) is 0 Å². The molecule has 7 heteroatoms. The van der Waals surface area contributed by atoms with Crippen molar-refractivity contribution in [2.75, 3.05) is 20.3 Å². The lowest BCUT2D eigenvalue weighted by Gasteiger charge is -2.37. The number of carbonyl (C=O) groups excluding carboxylic acids is 1. The van der Waals surface area contributed by atoms with Crippen LogP contribution in [0, 0.1) is 0 Å². The van der Waals surface area contributed by atoms with Gasteiger partial charge >= 0.3 is 0 Å². The number of aryl methyl sites for hydroxylation is 1. The Labute approximate surface area is 130 Å². The smallest absolute Gasteiger partial charge is 0.242 e. The van der Waals surface area contributed by atoms with Crippen LogP contribution >= 0.6 is 0 Å². The van der Waals surface area contributed by atoms with Crippen LogP contribution in [-0.4, -0.2) is 51.9 Å². The molecule has 3 rings (SSSR count). The third-order valence-electron chi connectivity index (χ3n) is 4.64. The number of aromatic nitrogens is 3. The van der Waals surface area contributed by atoms with E-state index < -0.39 is 6.04 Å². The first-order chi connectivity index (χ1) is 10.7. The van der Waals surface area contributed by atoms with Crippen LogP contribution in [0.25, 0.3) is 0 Å². The Morgan fingerprint density at radius 1 is 1.32 bits per heavy atom. The molecule has 22 heavy (non-hydrogen) atoms. The molecule has 0 aromatic carbocycles. The van der Waals surface area contributed by atoms with Crippen molar-refractivity contribution < 1.29 is 9.53 Å². The highest BCUT2D eigenvalue weighted by molar-refractivity contribution is 5.82. The maximum Gasteiger partial charge on any atom is 0.242 e. The minimum absolute atomic E-state index is 0.00325. The quantitative estimate of drug-likeness (QED) is 0.882. The van der Waals surface area contributed by atoms with Gasteiger partial charge in [0.2, 0.25) is 5.91 Å². The molecule has 1 fully saturated rings. The number of hydrogen-bond donors (Lipinski definition) is 1. The number of methoxy groups -OCH3 is 1. The molecule has 122 valence electrons. The van der Waals surface area contributed by atoms with Crippen LogP contribution in [0.3, 0.4) is 0 Å². The maximum atomic E-state index is 12.6. The summed E-state index contributed by atoms with van der Waals surface area (Å²) in [4.78, 5) is 14.5. The summed E-state index contributed by atoms with van der Waals surface area (Å²) in [5, 5.41) is 8.73. The number of ether oxygens (including phenoxy) is 1. The Kier molecular flexibility index (Phi) is 4.73. The molecule has 0 saturated carbocycles. The predicted molar refractivity (Wildman–Crippen MR) is 81.1 cm³/mol. The van der Waals surface area contributed by atoms with Crippen LogP contribution in [0.1, 0.15) is 49.8 Å². The molecule has 2 unspecified atom stereocenters. The monoisotopic (exact) mass is 307 g/mol. The first-order valence-corrected chi connectivity index (χ1v) is 8.19. The number of piperidine rings is 1. The van der Waals surface area contributed by atoms with E-state index in [1.54, 1.807) is 7.11 Å². The van der Waals surface area contributed by atoms with Crippen molar-refractivity contribution in [3.8, 4) is 0 Å². The Morgan fingerprint density at radius 2 is 2.14 bits per heavy atom. The van der Waals surface area contributed by atoms with E-state index in [0.29, 0.717) is 0 Å². The van der Waals surface area contributed by atoms with Crippen LogP contribution in [-0.2, 0) is 22.5 Å². The highest BCUT2D eigenvalue weighted by Crippen LogP contribution is 2.31.